The maximum atomic E-state index is 10.5. The lowest BCUT2D eigenvalue weighted by molar-refractivity contribution is 0.160. The van der Waals surface area contributed by atoms with Gasteiger partial charge < -0.3 is 20.8 Å². The maximum absolute atomic E-state index is 10.5. The fourth-order valence-electron chi connectivity index (χ4n) is 3.06. The third-order valence-corrected chi connectivity index (χ3v) is 5.23. The first-order valence-corrected chi connectivity index (χ1v) is 9.98. The van der Waals surface area contributed by atoms with Crippen molar-refractivity contribution in [1.29, 1.82) is 0 Å². The van der Waals surface area contributed by atoms with Crippen molar-refractivity contribution in [3.8, 4) is 11.4 Å². The summed E-state index contributed by atoms with van der Waals surface area (Å²) in [4.78, 5) is 13.7. The predicted molar refractivity (Wildman–Crippen MR) is 111 cm³/mol. The van der Waals surface area contributed by atoms with Gasteiger partial charge in [0.25, 0.3) is 0 Å². The van der Waals surface area contributed by atoms with Crippen LogP contribution in [0.5, 0.6) is 0 Å². The summed E-state index contributed by atoms with van der Waals surface area (Å²) in [5.41, 5.74) is 3.89. The zero-order valence-corrected chi connectivity index (χ0v) is 16.0. The molecule has 3 aromatic rings. The van der Waals surface area contributed by atoms with E-state index in [4.69, 9.17) is 10.1 Å². The fourth-order valence-corrected chi connectivity index (χ4v) is 3.78. The molecule has 0 saturated carbocycles. The molecule has 1 unspecified atom stereocenters. The molecule has 1 aromatic carbocycles. The van der Waals surface area contributed by atoms with Crippen LogP contribution in [-0.4, -0.2) is 39.2 Å². The van der Waals surface area contributed by atoms with Crippen LogP contribution in [0.2, 0.25) is 0 Å². The van der Waals surface area contributed by atoms with Crippen molar-refractivity contribution < 1.29 is 10.2 Å². The minimum atomic E-state index is -0.828. The summed E-state index contributed by atoms with van der Waals surface area (Å²) in [6.45, 7) is 0.485. The van der Waals surface area contributed by atoms with Gasteiger partial charge in [0.15, 0.2) is 11.4 Å². The van der Waals surface area contributed by atoms with Crippen molar-refractivity contribution >= 4 is 28.0 Å². The summed E-state index contributed by atoms with van der Waals surface area (Å²) in [5, 5.41) is 28.2. The largest absolute Gasteiger partial charge is 0.395 e. The van der Waals surface area contributed by atoms with E-state index in [2.05, 4.69) is 32.7 Å². The first-order valence-electron chi connectivity index (χ1n) is 9.10. The molecule has 0 fully saturated rings. The Morgan fingerprint density at radius 2 is 2.00 bits per heavy atom. The molecule has 0 spiro atoms. The standard InChI is InChI=1S/C20H21N5O2S/c26-11-10-22-20-23-15(12-28-20)18-17-14(8-9-21-18)19(27)25-16(24-17)7-6-13-4-2-1-3-5-13/h1-5,8-9,12,19,26-27H,6-7,10-11H2,(H,22,23)(H,24,25). The highest BCUT2D eigenvalue weighted by atomic mass is 32.1. The quantitative estimate of drug-likeness (QED) is 0.491. The Hall–Kier alpha value is -2.81. The zero-order valence-electron chi connectivity index (χ0n) is 15.2. The Labute approximate surface area is 166 Å². The number of aryl methyl sites for hydroxylation is 1. The van der Waals surface area contributed by atoms with Crippen molar-refractivity contribution in [2.24, 2.45) is 4.99 Å². The lowest BCUT2D eigenvalue weighted by Crippen LogP contribution is -2.31. The van der Waals surface area contributed by atoms with Gasteiger partial charge in [0.1, 0.15) is 22.9 Å². The number of aromatic nitrogens is 2. The first kappa shape index (κ1) is 18.5. The van der Waals surface area contributed by atoms with Crippen molar-refractivity contribution in [3.63, 3.8) is 0 Å². The van der Waals surface area contributed by atoms with Gasteiger partial charge >= 0.3 is 0 Å². The fraction of sp³-hybridized carbons (Fsp3) is 0.250. The number of thiazole rings is 1. The minimum Gasteiger partial charge on any atom is -0.395 e. The molecular weight excluding hydrogens is 374 g/mol. The molecule has 28 heavy (non-hydrogen) atoms. The van der Waals surface area contributed by atoms with Crippen molar-refractivity contribution in [2.75, 3.05) is 18.5 Å². The topological polar surface area (TPSA) is 103 Å². The van der Waals surface area contributed by atoms with E-state index in [1.807, 2.05) is 23.6 Å². The number of amidine groups is 1. The van der Waals surface area contributed by atoms with Crippen LogP contribution in [0.3, 0.4) is 0 Å². The van der Waals surface area contributed by atoms with E-state index in [0.717, 1.165) is 12.3 Å². The lowest BCUT2D eigenvalue weighted by Gasteiger charge is -2.24. The third kappa shape index (κ3) is 4.04. The highest BCUT2D eigenvalue weighted by molar-refractivity contribution is 7.14. The molecule has 144 valence electrons. The molecule has 0 amide bonds. The van der Waals surface area contributed by atoms with Gasteiger partial charge in [-0.15, -0.1) is 11.3 Å². The van der Waals surface area contributed by atoms with Gasteiger partial charge in [0.05, 0.1) is 6.61 Å². The van der Waals surface area contributed by atoms with Gasteiger partial charge in [-0.1, -0.05) is 30.3 Å². The Morgan fingerprint density at radius 3 is 2.82 bits per heavy atom. The van der Waals surface area contributed by atoms with Crippen LogP contribution in [-0.2, 0) is 6.42 Å². The third-order valence-electron chi connectivity index (χ3n) is 4.43. The maximum Gasteiger partial charge on any atom is 0.183 e. The van der Waals surface area contributed by atoms with E-state index in [1.54, 1.807) is 12.3 Å². The molecule has 3 heterocycles. The predicted octanol–water partition coefficient (Wildman–Crippen LogP) is 2.87. The van der Waals surface area contributed by atoms with E-state index in [0.29, 0.717) is 40.7 Å². The molecule has 7 nitrogen and oxygen atoms in total. The molecule has 4 N–H and O–H groups in total. The van der Waals surface area contributed by atoms with Gasteiger partial charge in [0.2, 0.25) is 0 Å². The number of nitrogens with zero attached hydrogens (tertiary/aromatic N) is 3. The van der Waals surface area contributed by atoms with E-state index >= 15 is 0 Å². The molecular formula is C20H21N5O2S. The van der Waals surface area contributed by atoms with Crippen LogP contribution >= 0.6 is 11.3 Å². The molecule has 2 aromatic heterocycles. The first-order chi connectivity index (χ1) is 13.7. The smallest absolute Gasteiger partial charge is 0.183 e. The van der Waals surface area contributed by atoms with Gasteiger partial charge in [-0.3, -0.25) is 4.98 Å². The second-order valence-corrected chi connectivity index (χ2v) is 7.23. The number of hydrogen-bond acceptors (Lipinski definition) is 8. The lowest BCUT2D eigenvalue weighted by atomic mass is 10.1. The molecule has 0 saturated heterocycles. The van der Waals surface area contributed by atoms with Crippen LogP contribution in [0.15, 0.2) is 53.0 Å². The number of anilines is 1. The summed E-state index contributed by atoms with van der Waals surface area (Å²) in [6, 6.07) is 12.0. The second kappa shape index (κ2) is 8.47. The molecule has 1 aliphatic heterocycles. The van der Waals surface area contributed by atoms with Crippen LogP contribution in [0, 0.1) is 0 Å². The molecule has 4 rings (SSSR count). The highest BCUT2D eigenvalue weighted by Gasteiger charge is 2.24. The Balaban J connectivity index is 1.61. The summed E-state index contributed by atoms with van der Waals surface area (Å²) in [6.07, 6.45) is 2.35. The van der Waals surface area contributed by atoms with Crippen LogP contribution < -0.4 is 10.6 Å². The summed E-state index contributed by atoms with van der Waals surface area (Å²) in [5.74, 6) is 0.729. The van der Waals surface area contributed by atoms with Gasteiger partial charge in [-0.25, -0.2) is 9.98 Å². The summed E-state index contributed by atoms with van der Waals surface area (Å²) >= 11 is 1.44. The van der Waals surface area contributed by atoms with Crippen molar-refractivity contribution in [1.82, 2.24) is 15.3 Å². The normalized spacial score (nSPS) is 15.5. The van der Waals surface area contributed by atoms with E-state index in [-0.39, 0.29) is 6.61 Å². The van der Waals surface area contributed by atoms with Gasteiger partial charge in [0, 0.05) is 30.1 Å². The molecule has 0 aliphatic carbocycles. The molecule has 1 atom stereocenters. The van der Waals surface area contributed by atoms with E-state index in [9.17, 15) is 5.11 Å². The Bertz CT molecular complexity index is 974. The SMILES string of the molecule is OCCNc1nc(-c2nccc3c2N=C(CCc2ccccc2)NC3O)cs1. The molecule has 0 radical (unpaired) electrons. The highest BCUT2D eigenvalue weighted by Crippen LogP contribution is 2.37. The van der Waals surface area contributed by atoms with Crippen molar-refractivity contribution in [2.45, 2.75) is 19.1 Å². The average molecular weight is 395 g/mol. The number of nitrogens with one attached hydrogen (secondary N) is 2. The van der Waals surface area contributed by atoms with Crippen molar-refractivity contribution in [3.05, 3.63) is 59.1 Å². The number of hydrogen-bond donors (Lipinski definition) is 4. The number of aliphatic hydroxyl groups excluding tert-OH is 2. The number of aliphatic imine (C=N–C) groups is 1. The Kier molecular flexibility index (Phi) is 5.61. The number of pyridine rings is 1. The van der Waals surface area contributed by atoms with Crippen LogP contribution in [0.1, 0.15) is 23.8 Å². The number of fused-ring (bicyclic) bond motifs is 1. The zero-order chi connectivity index (χ0) is 19.3. The van der Waals surface area contributed by atoms with Crippen LogP contribution in [0.25, 0.3) is 11.4 Å². The molecule has 8 heteroatoms. The van der Waals surface area contributed by atoms with Gasteiger partial charge in [-0.05, 0) is 18.1 Å². The molecule has 1 aliphatic rings. The number of benzene rings is 1. The van der Waals surface area contributed by atoms with E-state index in [1.165, 1.54) is 16.9 Å². The Morgan fingerprint density at radius 1 is 1.14 bits per heavy atom. The number of rotatable bonds is 7. The van der Waals surface area contributed by atoms with E-state index < -0.39 is 6.23 Å². The summed E-state index contributed by atoms with van der Waals surface area (Å²) in [7, 11) is 0. The average Bonchev–Trinajstić information content (AvgIpc) is 3.20. The van der Waals surface area contributed by atoms with Gasteiger partial charge in [-0.2, -0.15) is 0 Å². The summed E-state index contributed by atoms with van der Waals surface area (Å²) < 4.78 is 0. The second-order valence-electron chi connectivity index (χ2n) is 6.38. The monoisotopic (exact) mass is 395 g/mol. The number of aliphatic hydroxyl groups is 2. The van der Waals surface area contributed by atoms with Crippen LogP contribution in [0.4, 0.5) is 10.8 Å². The minimum absolute atomic E-state index is 0.0425. The molecule has 0 bridgehead atoms.